The number of piperazine rings is 1. The minimum Gasteiger partial charge on any atom is -0.360 e. The highest BCUT2D eigenvalue weighted by Crippen LogP contribution is 2.35. The maximum absolute atomic E-state index is 13.5. The zero-order valence-electron chi connectivity index (χ0n) is 19.1. The monoisotopic (exact) mass is 587 g/mol. The summed E-state index contributed by atoms with van der Waals surface area (Å²) >= 11 is 9.23. The molecule has 5 rings (SSSR count). The first-order valence-electron chi connectivity index (χ1n) is 11.4. The van der Waals surface area contributed by atoms with Crippen LogP contribution in [0.25, 0.3) is 5.78 Å². The highest BCUT2D eigenvalue weighted by molar-refractivity contribution is 9.10. The number of rotatable bonds is 5. The number of fused-ring (bicyclic) bond motifs is 2. The van der Waals surface area contributed by atoms with Crippen LogP contribution in [0.3, 0.4) is 0 Å². The van der Waals surface area contributed by atoms with Crippen molar-refractivity contribution < 1.29 is 18.0 Å². The third-order valence-corrected chi connectivity index (χ3v) is 7.34. The van der Waals surface area contributed by atoms with Gasteiger partial charge in [-0.15, -0.1) is 5.10 Å². The summed E-state index contributed by atoms with van der Waals surface area (Å²) in [5.41, 5.74) is -0.0566. The second kappa shape index (κ2) is 9.34. The fraction of sp³-hybridized carbons (Fsp3) is 0.455. The van der Waals surface area contributed by atoms with Crippen LogP contribution < -0.4 is 21.1 Å². The quantitative estimate of drug-likeness (QED) is 0.474. The van der Waals surface area contributed by atoms with Gasteiger partial charge in [-0.2, -0.15) is 22.7 Å². The normalized spacial score (nSPS) is 19.8. The molecule has 0 spiro atoms. The lowest BCUT2D eigenvalue weighted by molar-refractivity contribution is -0.137. The molecule has 14 heteroatoms. The molecule has 0 radical (unpaired) electrons. The van der Waals surface area contributed by atoms with Crippen molar-refractivity contribution in [1.29, 1.82) is 0 Å². The van der Waals surface area contributed by atoms with Gasteiger partial charge in [-0.3, -0.25) is 9.59 Å². The molecular weight excluding hydrogens is 567 g/mol. The summed E-state index contributed by atoms with van der Waals surface area (Å²) in [6, 6.07) is 3.21. The molecule has 2 aromatic heterocycles. The lowest BCUT2D eigenvalue weighted by Gasteiger charge is -2.50. The van der Waals surface area contributed by atoms with Gasteiger partial charge in [-0.05, 0) is 53.4 Å². The summed E-state index contributed by atoms with van der Waals surface area (Å²) < 4.78 is 41.9. The Kier molecular flexibility index (Phi) is 6.50. The SMILES string of the molecule is CCc1c(N2CCN[C@H]3CC[C@H]32)c(=O)n2nc(Br)nc2n1CC(=O)Nc1ccc(C(F)(F)F)cc1Cl. The van der Waals surface area contributed by atoms with E-state index in [0.717, 1.165) is 37.6 Å². The zero-order chi connectivity index (χ0) is 25.8. The second-order valence-corrected chi connectivity index (χ2v) is 9.89. The summed E-state index contributed by atoms with van der Waals surface area (Å²) in [6.45, 7) is 3.01. The fourth-order valence-corrected chi connectivity index (χ4v) is 5.45. The number of benzene rings is 1. The number of alkyl halides is 3. The van der Waals surface area contributed by atoms with Crippen LogP contribution >= 0.6 is 27.5 Å². The first-order valence-corrected chi connectivity index (χ1v) is 12.6. The molecule has 9 nitrogen and oxygen atoms in total. The van der Waals surface area contributed by atoms with Crippen molar-refractivity contribution in [2.24, 2.45) is 0 Å². The van der Waals surface area contributed by atoms with Crippen molar-refractivity contribution in [3.8, 4) is 0 Å². The van der Waals surface area contributed by atoms with Gasteiger partial charge in [0.1, 0.15) is 12.2 Å². The number of carbonyl (C=O) groups excluding carboxylic acids is 1. The Morgan fingerprint density at radius 2 is 2.11 bits per heavy atom. The average molecular weight is 589 g/mol. The van der Waals surface area contributed by atoms with E-state index in [4.69, 9.17) is 11.6 Å². The van der Waals surface area contributed by atoms with E-state index in [2.05, 4.69) is 41.5 Å². The van der Waals surface area contributed by atoms with Gasteiger partial charge in [0.25, 0.3) is 5.56 Å². The van der Waals surface area contributed by atoms with Crippen LogP contribution in [0, 0.1) is 0 Å². The number of nitrogens with zero attached hydrogens (tertiary/aromatic N) is 5. The Morgan fingerprint density at radius 3 is 2.75 bits per heavy atom. The highest BCUT2D eigenvalue weighted by atomic mass is 79.9. The Labute approximate surface area is 216 Å². The lowest BCUT2D eigenvalue weighted by Crippen LogP contribution is -2.64. The Morgan fingerprint density at radius 1 is 1.33 bits per heavy atom. The van der Waals surface area contributed by atoms with E-state index in [1.54, 1.807) is 4.57 Å². The third-order valence-electron chi connectivity index (χ3n) is 6.69. The van der Waals surface area contributed by atoms with Crippen LogP contribution in [0.1, 0.15) is 31.0 Å². The molecule has 192 valence electrons. The minimum atomic E-state index is -4.55. The molecule has 2 N–H and O–H groups in total. The van der Waals surface area contributed by atoms with Gasteiger partial charge in [-0.25, -0.2) is 0 Å². The van der Waals surface area contributed by atoms with Crippen LogP contribution in [0.15, 0.2) is 27.7 Å². The van der Waals surface area contributed by atoms with Gasteiger partial charge in [0.05, 0.1) is 22.0 Å². The van der Waals surface area contributed by atoms with E-state index in [1.807, 2.05) is 6.92 Å². The zero-order valence-corrected chi connectivity index (χ0v) is 21.4. The predicted molar refractivity (Wildman–Crippen MR) is 132 cm³/mol. The molecule has 1 saturated carbocycles. The summed E-state index contributed by atoms with van der Waals surface area (Å²) in [7, 11) is 0. The largest absolute Gasteiger partial charge is 0.416 e. The van der Waals surface area contributed by atoms with Crippen molar-refractivity contribution >= 4 is 50.6 Å². The molecule has 0 unspecified atom stereocenters. The standard InChI is InChI=1S/C22H22BrClF3N7O2/c1-2-15-18(32-8-7-28-14-5-6-16(14)32)19(36)34-21(30-20(23)31-34)33(15)10-17(35)29-13-4-3-11(9-12(13)24)22(25,26)27/h3-4,9,14,16,28H,2,5-8,10H2,1H3,(H,29,35)/t14-,16+/m0/s1. The average Bonchev–Trinajstić information content (AvgIpc) is 3.18. The Bertz CT molecular complexity index is 1410. The number of amides is 1. The molecule has 2 atom stereocenters. The Hall–Kier alpha value is -2.64. The summed E-state index contributed by atoms with van der Waals surface area (Å²) in [5.74, 6) is -0.356. The molecule has 2 fully saturated rings. The van der Waals surface area contributed by atoms with Crippen LogP contribution in [0.4, 0.5) is 24.5 Å². The van der Waals surface area contributed by atoms with Crippen LogP contribution in [0.2, 0.25) is 5.02 Å². The van der Waals surface area contributed by atoms with Crippen LogP contribution in [-0.2, 0) is 23.9 Å². The number of hydrogen-bond acceptors (Lipinski definition) is 6. The van der Waals surface area contributed by atoms with Crippen molar-refractivity contribution in [3.05, 3.63) is 49.6 Å². The topological polar surface area (TPSA) is 96.6 Å². The first kappa shape index (κ1) is 25.0. The predicted octanol–water partition coefficient (Wildman–Crippen LogP) is 3.47. The summed E-state index contributed by atoms with van der Waals surface area (Å²) in [6.07, 6.45) is -2.12. The maximum atomic E-state index is 13.5. The molecule has 2 aliphatic rings. The van der Waals surface area contributed by atoms with E-state index >= 15 is 0 Å². The van der Waals surface area contributed by atoms with Gasteiger partial charge in [0.2, 0.25) is 16.4 Å². The molecule has 1 aromatic carbocycles. The smallest absolute Gasteiger partial charge is 0.360 e. The van der Waals surface area contributed by atoms with E-state index in [-0.39, 0.29) is 39.4 Å². The van der Waals surface area contributed by atoms with Crippen molar-refractivity contribution in [2.45, 2.75) is 51.0 Å². The minimum absolute atomic E-state index is 0.0482. The number of nitrogens with one attached hydrogen (secondary N) is 2. The first-order chi connectivity index (χ1) is 17.1. The summed E-state index contributed by atoms with van der Waals surface area (Å²) in [4.78, 5) is 33.0. The number of anilines is 2. The Balaban J connectivity index is 1.53. The van der Waals surface area contributed by atoms with E-state index < -0.39 is 17.6 Å². The number of carbonyl (C=O) groups is 1. The molecule has 1 amide bonds. The van der Waals surface area contributed by atoms with Gasteiger partial charge >= 0.3 is 6.18 Å². The van der Waals surface area contributed by atoms with E-state index in [9.17, 15) is 22.8 Å². The third kappa shape index (κ3) is 4.37. The van der Waals surface area contributed by atoms with Crippen molar-refractivity contribution in [3.63, 3.8) is 0 Å². The van der Waals surface area contributed by atoms with Gasteiger partial charge < -0.3 is 20.1 Å². The highest BCUT2D eigenvalue weighted by Gasteiger charge is 2.40. The molecule has 36 heavy (non-hydrogen) atoms. The van der Waals surface area contributed by atoms with E-state index in [1.165, 1.54) is 4.52 Å². The van der Waals surface area contributed by atoms with Crippen molar-refractivity contribution in [1.82, 2.24) is 24.5 Å². The molecule has 0 bridgehead atoms. The van der Waals surface area contributed by atoms with E-state index in [0.29, 0.717) is 30.4 Å². The molecular formula is C22H22BrClF3N7O2. The van der Waals surface area contributed by atoms with Crippen LogP contribution in [0.5, 0.6) is 0 Å². The molecule has 3 heterocycles. The molecule has 1 aliphatic heterocycles. The number of aromatic nitrogens is 4. The van der Waals surface area contributed by atoms with Gasteiger partial charge in [-0.1, -0.05) is 18.5 Å². The maximum Gasteiger partial charge on any atom is 0.416 e. The summed E-state index contributed by atoms with van der Waals surface area (Å²) in [5, 5.41) is 10.00. The fourth-order valence-electron chi connectivity index (χ4n) is 4.91. The van der Waals surface area contributed by atoms with Crippen LogP contribution in [-0.4, -0.2) is 50.2 Å². The molecule has 1 aliphatic carbocycles. The number of hydrogen-bond donors (Lipinski definition) is 2. The van der Waals surface area contributed by atoms with Gasteiger partial charge in [0.15, 0.2) is 0 Å². The number of halogens is 5. The second-order valence-electron chi connectivity index (χ2n) is 8.77. The molecule has 1 saturated heterocycles. The van der Waals surface area contributed by atoms with Gasteiger partial charge in [0, 0.05) is 25.2 Å². The lowest BCUT2D eigenvalue weighted by atomic mass is 9.83. The molecule has 3 aromatic rings. The van der Waals surface area contributed by atoms with Crippen molar-refractivity contribution in [2.75, 3.05) is 23.3 Å².